The van der Waals surface area contributed by atoms with Gasteiger partial charge in [0.1, 0.15) is 5.75 Å². The Bertz CT molecular complexity index is 332. The second-order valence-electron chi connectivity index (χ2n) is 2.61. The minimum Gasteiger partial charge on any atom is -0.507 e. The molecule has 0 spiro atoms. The molecular weight excluding hydrogens is 160 g/mol. The smallest absolute Gasteiger partial charge is 0.179 e. The number of hydrogen-bond donors (Lipinski definition) is 3. The SMILES string of the molecule is OCc1cc2c(c(CO)c1O)O2. The van der Waals surface area contributed by atoms with Gasteiger partial charge in [-0.3, -0.25) is 0 Å². The molecule has 0 atom stereocenters. The molecule has 0 radical (unpaired) electrons. The first kappa shape index (κ1) is 7.39. The lowest BCUT2D eigenvalue weighted by atomic mass is 10.1. The zero-order valence-electron chi connectivity index (χ0n) is 6.24. The van der Waals surface area contributed by atoms with Crippen LogP contribution < -0.4 is 4.74 Å². The minimum absolute atomic E-state index is 0.0729. The van der Waals surface area contributed by atoms with E-state index in [0.717, 1.165) is 0 Å². The Morgan fingerprint density at radius 2 is 2.00 bits per heavy atom. The molecule has 12 heavy (non-hydrogen) atoms. The average Bonchev–Trinajstić information content (AvgIpc) is 2.82. The number of fused-ring (bicyclic) bond motifs is 1. The first-order valence-electron chi connectivity index (χ1n) is 3.55. The number of ether oxygens (including phenoxy) is 1. The summed E-state index contributed by atoms with van der Waals surface area (Å²) < 4.78 is 4.95. The molecule has 0 unspecified atom stereocenters. The van der Waals surface area contributed by atoms with E-state index in [1.807, 2.05) is 0 Å². The van der Waals surface area contributed by atoms with E-state index in [1.54, 1.807) is 6.07 Å². The van der Waals surface area contributed by atoms with Gasteiger partial charge in [0.25, 0.3) is 0 Å². The van der Waals surface area contributed by atoms with Crippen molar-refractivity contribution in [3.8, 4) is 17.2 Å². The molecule has 0 aliphatic carbocycles. The molecule has 4 nitrogen and oxygen atoms in total. The molecule has 0 aromatic heterocycles. The molecule has 0 bridgehead atoms. The number of rotatable bonds is 2. The van der Waals surface area contributed by atoms with E-state index in [0.29, 0.717) is 22.6 Å². The Labute approximate surface area is 68.7 Å². The van der Waals surface area contributed by atoms with Crippen molar-refractivity contribution in [3.63, 3.8) is 0 Å². The second kappa shape index (κ2) is 2.36. The lowest BCUT2D eigenvalue weighted by molar-refractivity contribution is 0.264. The molecule has 0 fully saturated rings. The Kier molecular flexibility index (Phi) is 1.46. The summed E-state index contributed by atoms with van der Waals surface area (Å²) in [5, 5.41) is 27.0. The van der Waals surface area contributed by atoms with Crippen LogP contribution in [0.2, 0.25) is 0 Å². The number of benzene rings is 1. The highest BCUT2D eigenvalue weighted by Crippen LogP contribution is 2.52. The topological polar surface area (TPSA) is 73.2 Å². The predicted octanol–water partition coefficient (Wildman–Crippen LogP) is 0.482. The number of aromatic hydroxyl groups is 1. The molecule has 4 heteroatoms. The third kappa shape index (κ3) is 0.855. The van der Waals surface area contributed by atoms with Crippen molar-refractivity contribution >= 4 is 0 Å². The zero-order valence-corrected chi connectivity index (χ0v) is 6.24. The summed E-state index contributed by atoms with van der Waals surface area (Å²) in [5.74, 6) is 1.09. The van der Waals surface area contributed by atoms with Crippen LogP contribution in [0.1, 0.15) is 11.1 Å². The van der Waals surface area contributed by atoms with Crippen LogP contribution in [0.15, 0.2) is 6.07 Å². The van der Waals surface area contributed by atoms with Gasteiger partial charge in [-0.25, -0.2) is 0 Å². The van der Waals surface area contributed by atoms with Gasteiger partial charge in [0.2, 0.25) is 0 Å². The van der Waals surface area contributed by atoms with E-state index in [-0.39, 0.29) is 19.0 Å². The molecule has 3 N–H and O–H groups in total. The molecule has 1 aromatic carbocycles. The maximum absolute atomic E-state index is 9.40. The highest BCUT2D eigenvalue weighted by Gasteiger charge is 2.29. The van der Waals surface area contributed by atoms with Crippen LogP contribution in [0.25, 0.3) is 0 Å². The standard InChI is InChI=1S/C8H8O4/c9-2-4-1-6-8(12-6)5(3-10)7(4)11/h1,9-11H,2-3H2. The van der Waals surface area contributed by atoms with Gasteiger partial charge in [0, 0.05) is 5.56 Å². The number of aliphatic hydroxyl groups is 2. The van der Waals surface area contributed by atoms with Crippen molar-refractivity contribution in [1.82, 2.24) is 0 Å². The number of hydrogen-bond acceptors (Lipinski definition) is 4. The summed E-state index contributed by atoms with van der Waals surface area (Å²) in [6, 6.07) is 1.56. The fraction of sp³-hybridized carbons (Fsp3) is 0.250. The van der Waals surface area contributed by atoms with E-state index >= 15 is 0 Å². The van der Waals surface area contributed by atoms with Gasteiger partial charge in [0.15, 0.2) is 11.5 Å². The van der Waals surface area contributed by atoms with Gasteiger partial charge in [0.05, 0.1) is 18.8 Å². The normalized spacial score (nSPS) is 12.2. The Morgan fingerprint density at radius 3 is 2.58 bits per heavy atom. The lowest BCUT2D eigenvalue weighted by Gasteiger charge is -2.01. The molecule has 1 heterocycles. The monoisotopic (exact) mass is 168 g/mol. The van der Waals surface area contributed by atoms with Crippen LogP contribution in [0.3, 0.4) is 0 Å². The number of aliphatic hydroxyl groups excluding tert-OH is 2. The zero-order chi connectivity index (χ0) is 8.72. The minimum atomic E-state index is -0.276. The van der Waals surface area contributed by atoms with Crippen molar-refractivity contribution in [1.29, 1.82) is 0 Å². The summed E-state index contributed by atoms with van der Waals surface area (Å²) in [7, 11) is 0. The lowest BCUT2D eigenvalue weighted by Crippen LogP contribution is -1.87. The molecule has 2 rings (SSSR count). The molecule has 1 aliphatic rings. The molecule has 1 aromatic rings. The van der Waals surface area contributed by atoms with E-state index in [1.165, 1.54) is 0 Å². The van der Waals surface area contributed by atoms with Crippen molar-refractivity contribution < 1.29 is 20.1 Å². The molecule has 64 valence electrons. The number of phenols is 1. The summed E-state index contributed by atoms with van der Waals surface area (Å²) in [6.07, 6.45) is 0. The van der Waals surface area contributed by atoms with Gasteiger partial charge in [-0.05, 0) is 6.07 Å². The average molecular weight is 168 g/mol. The summed E-state index contributed by atoms with van der Waals surface area (Å²) in [5.41, 5.74) is 0.742. The van der Waals surface area contributed by atoms with Gasteiger partial charge >= 0.3 is 0 Å². The molecular formula is C8H8O4. The van der Waals surface area contributed by atoms with Crippen LogP contribution in [-0.2, 0) is 13.2 Å². The molecule has 1 aliphatic heterocycles. The quantitative estimate of drug-likeness (QED) is 0.570. The highest BCUT2D eigenvalue weighted by molar-refractivity contribution is 5.66. The Morgan fingerprint density at radius 1 is 1.25 bits per heavy atom. The largest absolute Gasteiger partial charge is 0.507 e. The van der Waals surface area contributed by atoms with Gasteiger partial charge < -0.3 is 20.1 Å². The summed E-state index contributed by atoms with van der Waals surface area (Å²) in [6.45, 7) is -0.530. The van der Waals surface area contributed by atoms with Crippen molar-refractivity contribution in [3.05, 3.63) is 17.2 Å². The van der Waals surface area contributed by atoms with E-state index < -0.39 is 0 Å². The predicted molar refractivity (Wildman–Crippen MR) is 40.0 cm³/mol. The van der Waals surface area contributed by atoms with Crippen LogP contribution >= 0.6 is 0 Å². The van der Waals surface area contributed by atoms with E-state index in [2.05, 4.69) is 0 Å². The maximum Gasteiger partial charge on any atom is 0.179 e. The first-order valence-corrected chi connectivity index (χ1v) is 3.55. The maximum atomic E-state index is 9.40. The van der Waals surface area contributed by atoms with Crippen LogP contribution in [0.4, 0.5) is 0 Å². The van der Waals surface area contributed by atoms with E-state index in [4.69, 9.17) is 14.9 Å². The van der Waals surface area contributed by atoms with E-state index in [9.17, 15) is 5.11 Å². The molecule has 0 saturated carbocycles. The van der Waals surface area contributed by atoms with Gasteiger partial charge in [-0.2, -0.15) is 0 Å². The van der Waals surface area contributed by atoms with Crippen LogP contribution in [0, 0.1) is 0 Å². The summed E-state index contributed by atoms with van der Waals surface area (Å²) in [4.78, 5) is 0. The van der Waals surface area contributed by atoms with Gasteiger partial charge in [-0.15, -0.1) is 0 Å². The third-order valence-corrected chi connectivity index (χ3v) is 1.89. The van der Waals surface area contributed by atoms with Crippen LogP contribution in [0.5, 0.6) is 17.2 Å². The Hall–Kier alpha value is -1.26. The van der Waals surface area contributed by atoms with Crippen LogP contribution in [-0.4, -0.2) is 15.3 Å². The fourth-order valence-electron chi connectivity index (χ4n) is 1.18. The van der Waals surface area contributed by atoms with Crippen molar-refractivity contribution in [2.75, 3.05) is 0 Å². The first-order chi connectivity index (χ1) is 5.77. The van der Waals surface area contributed by atoms with Crippen molar-refractivity contribution in [2.45, 2.75) is 13.2 Å². The summed E-state index contributed by atoms with van der Waals surface area (Å²) >= 11 is 0. The molecule has 0 amide bonds. The molecule has 0 saturated heterocycles. The third-order valence-electron chi connectivity index (χ3n) is 1.89. The second-order valence-corrected chi connectivity index (χ2v) is 2.61. The highest BCUT2D eigenvalue weighted by atomic mass is 16.6. The van der Waals surface area contributed by atoms with Gasteiger partial charge in [-0.1, -0.05) is 0 Å². The Balaban J connectivity index is 2.56. The van der Waals surface area contributed by atoms with Crippen molar-refractivity contribution in [2.24, 2.45) is 0 Å². The fourth-order valence-corrected chi connectivity index (χ4v) is 1.18.